The Bertz CT molecular complexity index is 6340. The van der Waals surface area contributed by atoms with E-state index in [4.69, 9.17) is 4.42 Å². The Labute approximate surface area is 768 Å². The number of nitrogens with zero attached hydrogens (tertiary/aromatic N) is 3. The fourth-order valence-electron chi connectivity index (χ4n) is 27.2. The first-order valence-electron chi connectivity index (χ1n) is 50.1. The minimum atomic E-state index is -0.424. The Balaban J connectivity index is 0.000000109. The molecule has 10 aliphatic carbocycles. The van der Waals surface area contributed by atoms with Crippen molar-refractivity contribution in [1.29, 1.82) is 0 Å². The summed E-state index contributed by atoms with van der Waals surface area (Å²) >= 11 is 1.90. The van der Waals surface area contributed by atoms with Crippen LogP contribution in [0.2, 0.25) is 0 Å². The van der Waals surface area contributed by atoms with Crippen LogP contribution >= 0.6 is 11.3 Å². The molecule has 9 atom stereocenters. The van der Waals surface area contributed by atoms with E-state index >= 15 is 0 Å². The van der Waals surface area contributed by atoms with Gasteiger partial charge in [-0.05, 0) is 355 Å². The average Bonchev–Trinajstić information content (AvgIpc) is 1.52. The fraction of sp³-hybridized carbons (Fsp3) is 0.323. The van der Waals surface area contributed by atoms with Crippen molar-refractivity contribution >= 4 is 105 Å². The predicted molar refractivity (Wildman–Crippen MR) is 543 cm³/mol. The second-order valence-electron chi connectivity index (χ2n) is 40.7. The van der Waals surface area contributed by atoms with Gasteiger partial charge in [-0.3, -0.25) is 0 Å². The number of thiophene rings is 1. The normalized spacial score (nSPS) is 22.6. The summed E-state index contributed by atoms with van der Waals surface area (Å²) in [4.78, 5) is 7.39. The molecule has 0 aliphatic heterocycles. The average molecular weight is 1700 g/mol. The zero-order chi connectivity index (χ0) is 85.3. The summed E-state index contributed by atoms with van der Waals surface area (Å²) in [6, 6.07) is 127. The molecule has 0 amide bonds. The van der Waals surface area contributed by atoms with Gasteiger partial charge in [0.1, 0.15) is 11.2 Å². The van der Waals surface area contributed by atoms with Crippen LogP contribution in [-0.4, -0.2) is 0 Å². The summed E-state index contributed by atoms with van der Waals surface area (Å²) in [7, 11) is 0. The Morgan fingerprint density at radius 2 is 0.574 bits per heavy atom. The monoisotopic (exact) mass is 1700 g/mol. The second kappa shape index (κ2) is 35.1. The Morgan fingerprint density at radius 3 is 1.01 bits per heavy atom. The molecule has 9 unspecified atom stereocenters. The number of hydrogen-bond donors (Lipinski definition) is 0. The van der Waals surface area contributed by atoms with E-state index in [1.165, 1.54) is 311 Å². The lowest BCUT2D eigenvalue weighted by atomic mass is 9.67. The van der Waals surface area contributed by atoms with E-state index in [0.717, 1.165) is 76.0 Å². The molecule has 644 valence electrons. The molecule has 6 bridgehead atoms. The summed E-state index contributed by atoms with van der Waals surface area (Å²) < 4.78 is 9.02. The molecule has 16 aromatic rings. The van der Waals surface area contributed by atoms with Gasteiger partial charge >= 0.3 is 0 Å². The summed E-state index contributed by atoms with van der Waals surface area (Å²) in [5.74, 6) is 10.0. The third-order valence-corrected chi connectivity index (χ3v) is 34.7. The molecule has 2 heterocycles. The number of rotatable bonds is 17. The maximum absolute atomic E-state index is 6.30. The van der Waals surface area contributed by atoms with Gasteiger partial charge in [0.25, 0.3) is 0 Å². The number of fused-ring (bicyclic) bond motifs is 15. The van der Waals surface area contributed by atoms with Crippen LogP contribution in [0.25, 0.3) is 53.2 Å². The van der Waals surface area contributed by atoms with Crippen LogP contribution < -0.4 is 14.7 Å². The highest BCUT2D eigenvalue weighted by atomic mass is 32.1. The summed E-state index contributed by atoms with van der Waals surface area (Å²) in [5.41, 5.74) is 29.5. The van der Waals surface area contributed by atoms with Gasteiger partial charge in [-0.1, -0.05) is 283 Å². The van der Waals surface area contributed by atoms with Crippen LogP contribution in [0, 0.1) is 35.5 Å². The Morgan fingerprint density at radius 1 is 0.233 bits per heavy atom. The van der Waals surface area contributed by atoms with Gasteiger partial charge in [-0.25, -0.2) is 0 Å². The number of anilines is 9. The van der Waals surface area contributed by atoms with E-state index in [0.29, 0.717) is 11.8 Å². The molecule has 129 heavy (non-hydrogen) atoms. The molecule has 9 saturated carbocycles. The minimum Gasteiger partial charge on any atom is -0.456 e. The summed E-state index contributed by atoms with van der Waals surface area (Å²) in [6.45, 7) is 0. The van der Waals surface area contributed by atoms with Gasteiger partial charge < -0.3 is 19.1 Å². The quantitative estimate of drug-likeness (QED) is 0.0906. The first-order chi connectivity index (χ1) is 63.9. The Hall–Kier alpha value is -11.5. The van der Waals surface area contributed by atoms with Crippen molar-refractivity contribution in [2.75, 3.05) is 14.7 Å². The molecule has 0 radical (unpaired) electrons. The molecule has 14 aromatic carbocycles. The van der Waals surface area contributed by atoms with Gasteiger partial charge in [0.05, 0.1) is 5.41 Å². The molecular weight excluding hydrogens is 1580 g/mol. The number of benzene rings is 14. The first kappa shape index (κ1) is 80.8. The third kappa shape index (κ3) is 15.3. The maximum atomic E-state index is 6.30. The molecule has 26 rings (SSSR count). The SMILES string of the molecule is c1ccc(C2(c3ccccc3)c3ccccc3-c3ccc(N(c4ccc(C5CCCCC5)cc4)c4ccc(C5CC6CCC5C6)cc4)cc32)cc1.c1ccc2c(c1)oc1cc(N(c3ccc(C4CCCCC4)cc3)c3ccc(C4CC5CCC4C5)cc3)ccc12.c1ccc2c(c1)sc1cc(N(c3ccc(C4CCCCC4)cc3)c3ccc(C4CC5CCC4C5)cc3)ccc12. The van der Waals surface area contributed by atoms with Crippen molar-refractivity contribution in [2.24, 2.45) is 35.5 Å². The van der Waals surface area contributed by atoms with E-state index in [9.17, 15) is 0 Å². The molecule has 10 aliphatic rings. The molecule has 4 nitrogen and oxygen atoms in total. The number of hydrogen-bond acceptors (Lipinski definition) is 5. The fourth-order valence-corrected chi connectivity index (χ4v) is 28.3. The van der Waals surface area contributed by atoms with Crippen molar-refractivity contribution in [2.45, 2.75) is 214 Å². The zero-order valence-electron chi connectivity index (χ0n) is 74.9. The lowest BCUT2D eigenvalue weighted by Crippen LogP contribution is -2.28. The highest BCUT2D eigenvalue weighted by molar-refractivity contribution is 7.25. The van der Waals surface area contributed by atoms with Crippen LogP contribution in [0.15, 0.2) is 338 Å². The van der Waals surface area contributed by atoms with Gasteiger partial charge in [0, 0.05) is 88.2 Å². The van der Waals surface area contributed by atoms with Crippen molar-refractivity contribution < 1.29 is 4.42 Å². The van der Waals surface area contributed by atoms with Gasteiger partial charge in [-0.15, -0.1) is 11.3 Å². The topological polar surface area (TPSA) is 22.9 Å². The standard InChI is InChI=1S/C50H47N.C37H37NO.C37H37NS/c1-4-12-36(13-5-1)37-22-26-42(27-23-37)51(43-28-24-38(25-29-43)47-33-35-20-21-39(47)32-35)44-30-31-46-45-18-10-11-19-48(45)50(49(46)34-44,40-14-6-2-7-15-40)41-16-8-3-9-17-41;2*1-2-6-26(7-3-1)27-12-16-30(17-13-27)38(31-18-14-28(15-19-31)35-23-25-10-11-29(35)22-25)32-20-21-34-33-8-4-5-9-36(33)39-37(34)24-32/h2-3,6-11,14-19,22-31,34-36,39,47H,1,4-5,12-13,20-21,32-33H2;2*4-5,8-9,12-21,24-26,29,35H,1-3,6-7,10-11,22-23H2. The number of para-hydroxylation sites is 1. The van der Waals surface area contributed by atoms with Crippen molar-refractivity contribution in [1.82, 2.24) is 0 Å². The van der Waals surface area contributed by atoms with E-state index in [1.54, 1.807) is 5.56 Å². The predicted octanol–water partition coefficient (Wildman–Crippen LogP) is 36.0. The van der Waals surface area contributed by atoms with Crippen LogP contribution in [0.3, 0.4) is 0 Å². The largest absolute Gasteiger partial charge is 0.456 e. The zero-order valence-corrected chi connectivity index (χ0v) is 75.7. The van der Waals surface area contributed by atoms with Crippen molar-refractivity contribution in [3.63, 3.8) is 0 Å². The maximum Gasteiger partial charge on any atom is 0.137 e. The van der Waals surface area contributed by atoms with Crippen molar-refractivity contribution in [3.05, 3.63) is 389 Å². The highest BCUT2D eigenvalue weighted by Crippen LogP contribution is 2.60. The molecule has 0 N–H and O–H groups in total. The Kier molecular flexibility index (Phi) is 22.0. The molecule has 9 fully saturated rings. The second-order valence-corrected chi connectivity index (χ2v) is 41.8. The van der Waals surface area contributed by atoms with Crippen LogP contribution in [0.5, 0.6) is 0 Å². The van der Waals surface area contributed by atoms with Gasteiger partial charge in [-0.2, -0.15) is 0 Å². The summed E-state index contributed by atoms with van der Waals surface area (Å²) in [5, 5.41) is 5.08. The van der Waals surface area contributed by atoms with E-state index < -0.39 is 5.41 Å². The molecule has 0 saturated heterocycles. The molecule has 2 aromatic heterocycles. The van der Waals surface area contributed by atoms with E-state index in [-0.39, 0.29) is 0 Å². The van der Waals surface area contributed by atoms with Gasteiger partial charge in [0.15, 0.2) is 0 Å². The third-order valence-electron chi connectivity index (χ3n) is 33.6. The molecular formula is C124H121N3OS. The smallest absolute Gasteiger partial charge is 0.137 e. The van der Waals surface area contributed by atoms with E-state index in [2.05, 4.69) is 342 Å². The van der Waals surface area contributed by atoms with Crippen LogP contribution in [-0.2, 0) is 5.41 Å². The van der Waals surface area contributed by atoms with Crippen LogP contribution in [0.4, 0.5) is 51.2 Å². The molecule has 0 spiro atoms. The first-order valence-corrected chi connectivity index (χ1v) is 50.9. The van der Waals surface area contributed by atoms with Crippen molar-refractivity contribution in [3.8, 4) is 11.1 Å². The highest BCUT2D eigenvalue weighted by Gasteiger charge is 2.48. The lowest BCUT2D eigenvalue weighted by Gasteiger charge is -2.35. The van der Waals surface area contributed by atoms with Crippen LogP contribution in [0.1, 0.15) is 265 Å². The van der Waals surface area contributed by atoms with Gasteiger partial charge in [0.2, 0.25) is 0 Å². The molecule has 5 heteroatoms. The van der Waals surface area contributed by atoms with E-state index in [1.807, 2.05) is 17.4 Å². The lowest BCUT2D eigenvalue weighted by molar-refractivity contribution is 0.420. The minimum absolute atomic E-state index is 0.424. The summed E-state index contributed by atoms with van der Waals surface area (Å²) in [6.07, 6.45) is 37.5. The number of furan rings is 1.